The zero-order valence-corrected chi connectivity index (χ0v) is 17.6. The van der Waals surface area contributed by atoms with Crippen LogP contribution in [0, 0.1) is 6.92 Å². The van der Waals surface area contributed by atoms with Crippen molar-refractivity contribution in [1.82, 2.24) is 14.9 Å². The average molecular weight is 477 g/mol. The van der Waals surface area contributed by atoms with Gasteiger partial charge in [-0.25, -0.2) is 4.98 Å². The van der Waals surface area contributed by atoms with Gasteiger partial charge in [-0.15, -0.1) is 24.0 Å². The number of aromatic nitrogens is 2. The number of ether oxygens (including phenoxy) is 1. The van der Waals surface area contributed by atoms with Crippen molar-refractivity contribution in [3.63, 3.8) is 0 Å². The maximum Gasteiger partial charge on any atom is 0.189 e. The summed E-state index contributed by atoms with van der Waals surface area (Å²) in [7, 11) is 0. The van der Waals surface area contributed by atoms with E-state index in [0.717, 1.165) is 41.1 Å². The van der Waals surface area contributed by atoms with Gasteiger partial charge in [-0.2, -0.15) is 0 Å². The molecule has 1 atom stereocenters. The zero-order valence-electron chi connectivity index (χ0n) is 15.3. The van der Waals surface area contributed by atoms with Crippen LogP contribution in [-0.2, 0) is 6.54 Å². The molecule has 1 aliphatic heterocycles. The molecule has 3 aromatic rings. The van der Waals surface area contributed by atoms with Crippen LogP contribution in [0.25, 0.3) is 11.0 Å². The van der Waals surface area contributed by atoms with E-state index < -0.39 is 0 Å². The van der Waals surface area contributed by atoms with Gasteiger partial charge in [0.25, 0.3) is 0 Å². The van der Waals surface area contributed by atoms with Crippen molar-refractivity contribution in [2.45, 2.75) is 25.9 Å². The van der Waals surface area contributed by atoms with E-state index in [9.17, 15) is 0 Å². The number of aliphatic imine (C=N–C) groups is 1. The van der Waals surface area contributed by atoms with Gasteiger partial charge in [0.2, 0.25) is 0 Å². The number of aryl methyl sites for hydroxylation is 1. The van der Waals surface area contributed by atoms with Gasteiger partial charge in [-0.1, -0.05) is 30.3 Å². The molecule has 0 aliphatic carbocycles. The van der Waals surface area contributed by atoms with E-state index in [0.29, 0.717) is 19.1 Å². The predicted octanol–water partition coefficient (Wildman–Crippen LogP) is 3.39. The lowest BCUT2D eigenvalue weighted by atomic mass is 10.0. The second-order valence-electron chi connectivity index (χ2n) is 6.44. The minimum absolute atomic E-state index is 0. The van der Waals surface area contributed by atoms with Gasteiger partial charge >= 0.3 is 0 Å². The van der Waals surface area contributed by atoms with Gasteiger partial charge in [0.05, 0.1) is 30.2 Å². The van der Waals surface area contributed by atoms with Crippen LogP contribution < -0.4 is 15.8 Å². The Morgan fingerprint density at radius 2 is 2.04 bits per heavy atom. The van der Waals surface area contributed by atoms with Crippen molar-refractivity contribution in [3.05, 3.63) is 59.9 Å². The summed E-state index contributed by atoms with van der Waals surface area (Å²) in [4.78, 5) is 9.09. The maximum atomic E-state index is 6.13. The first kappa shape index (κ1) is 19.5. The van der Waals surface area contributed by atoms with Gasteiger partial charge in [0, 0.05) is 18.5 Å². The average Bonchev–Trinajstić information content (AvgIpc) is 2.98. The summed E-state index contributed by atoms with van der Waals surface area (Å²) in [5, 5.41) is 3.33. The number of nitrogens with zero attached hydrogens (tertiary/aromatic N) is 3. The van der Waals surface area contributed by atoms with E-state index in [-0.39, 0.29) is 30.0 Å². The van der Waals surface area contributed by atoms with Crippen LogP contribution in [0.4, 0.5) is 0 Å². The number of guanidine groups is 1. The van der Waals surface area contributed by atoms with Crippen molar-refractivity contribution in [3.8, 4) is 5.75 Å². The Morgan fingerprint density at radius 3 is 2.93 bits per heavy atom. The van der Waals surface area contributed by atoms with Crippen LogP contribution in [0.5, 0.6) is 5.75 Å². The quantitative estimate of drug-likeness (QED) is 0.343. The smallest absolute Gasteiger partial charge is 0.189 e. The highest BCUT2D eigenvalue weighted by Crippen LogP contribution is 2.31. The third-order valence-corrected chi connectivity index (χ3v) is 4.73. The molecule has 0 saturated heterocycles. The Hall–Kier alpha value is -2.29. The standard InChI is InChI=1S/C20H23N5O.HI/c1-14-23-17-7-3-4-8-18(17)25(14)12-11-22-20(21)24-16-10-13-26-19-9-5-2-6-15(16)19;/h2-9,16H,10-13H2,1H3,(H3,21,22,24);1H. The molecule has 3 N–H and O–H groups in total. The van der Waals surface area contributed by atoms with E-state index >= 15 is 0 Å². The number of nitrogens with one attached hydrogen (secondary N) is 1. The summed E-state index contributed by atoms with van der Waals surface area (Å²) in [5.41, 5.74) is 9.40. The van der Waals surface area contributed by atoms with Crippen molar-refractivity contribution in [2.24, 2.45) is 10.7 Å². The topological polar surface area (TPSA) is 77.5 Å². The van der Waals surface area contributed by atoms with Gasteiger partial charge < -0.3 is 20.4 Å². The molecule has 1 unspecified atom stereocenters. The van der Waals surface area contributed by atoms with Gasteiger partial charge in [-0.3, -0.25) is 4.99 Å². The first-order valence-corrected chi connectivity index (χ1v) is 8.92. The minimum atomic E-state index is 0. The molecule has 0 bridgehead atoms. The second-order valence-corrected chi connectivity index (χ2v) is 6.44. The Balaban J connectivity index is 0.00000210. The summed E-state index contributed by atoms with van der Waals surface area (Å²) in [6, 6.07) is 16.3. The molecule has 7 heteroatoms. The summed E-state index contributed by atoms with van der Waals surface area (Å²) < 4.78 is 7.86. The maximum absolute atomic E-state index is 6.13. The highest BCUT2D eigenvalue weighted by Gasteiger charge is 2.21. The fourth-order valence-electron chi connectivity index (χ4n) is 3.46. The van der Waals surface area contributed by atoms with E-state index in [1.165, 1.54) is 0 Å². The molecule has 0 radical (unpaired) electrons. The molecule has 2 heterocycles. The molecule has 0 amide bonds. The van der Waals surface area contributed by atoms with Crippen LogP contribution >= 0.6 is 24.0 Å². The molecule has 6 nitrogen and oxygen atoms in total. The molecule has 4 rings (SSSR count). The number of rotatable bonds is 4. The third kappa shape index (κ3) is 4.18. The van der Waals surface area contributed by atoms with Crippen molar-refractivity contribution < 1.29 is 4.74 Å². The molecule has 27 heavy (non-hydrogen) atoms. The number of fused-ring (bicyclic) bond motifs is 2. The molecule has 1 aromatic heterocycles. The number of para-hydroxylation sites is 3. The van der Waals surface area contributed by atoms with E-state index in [4.69, 9.17) is 10.5 Å². The van der Waals surface area contributed by atoms with E-state index in [1.807, 2.05) is 43.3 Å². The molecule has 1 aliphatic rings. The Morgan fingerprint density at radius 1 is 1.26 bits per heavy atom. The summed E-state index contributed by atoms with van der Waals surface area (Å²) in [6.07, 6.45) is 0.874. The van der Waals surface area contributed by atoms with Crippen molar-refractivity contribution >= 4 is 41.0 Å². The lowest BCUT2D eigenvalue weighted by molar-refractivity contribution is 0.262. The molecular formula is C20H24IN5O. The number of hydrogen-bond donors (Lipinski definition) is 2. The Bertz CT molecular complexity index is 952. The number of nitrogens with two attached hydrogens (primary N) is 1. The van der Waals surface area contributed by atoms with Crippen LogP contribution in [0.2, 0.25) is 0 Å². The molecule has 142 valence electrons. The summed E-state index contributed by atoms with van der Waals surface area (Å²) >= 11 is 0. The van der Waals surface area contributed by atoms with Gasteiger partial charge in [0.1, 0.15) is 11.6 Å². The van der Waals surface area contributed by atoms with Crippen molar-refractivity contribution in [2.75, 3.05) is 13.2 Å². The Labute approximate surface area is 175 Å². The fraction of sp³-hybridized carbons (Fsp3) is 0.300. The number of hydrogen-bond acceptors (Lipinski definition) is 3. The zero-order chi connectivity index (χ0) is 17.9. The largest absolute Gasteiger partial charge is 0.493 e. The molecule has 0 spiro atoms. The minimum Gasteiger partial charge on any atom is -0.493 e. The van der Waals surface area contributed by atoms with Crippen LogP contribution in [0.15, 0.2) is 53.5 Å². The third-order valence-electron chi connectivity index (χ3n) is 4.73. The summed E-state index contributed by atoms with van der Waals surface area (Å²) in [6.45, 7) is 4.05. The predicted molar refractivity (Wildman–Crippen MR) is 119 cm³/mol. The highest BCUT2D eigenvalue weighted by molar-refractivity contribution is 14.0. The fourth-order valence-corrected chi connectivity index (χ4v) is 3.46. The monoisotopic (exact) mass is 477 g/mol. The molecule has 2 aromatic carbocycles. The normalized spacial score (nSPS) is 16.3. The molecular weight excluding hydrogens is 453 g/mol. The van der Waals surface area contributed by atoms with Crippen LogP contribution in [-0.4, -0.2) is 28.7 Å². The lowest BCUT2D eigenvalue weighted by Crippen LogP contribution is -2.37. The molecule has 0 fully saturated rings. The van der Waals surface area contributed by atoms with Crippen molar-refractivity contribution in [1.29, 1.82) is 0 Å². The first-order chi connectivity index (χ1) is 12.7. The number of imidazole rings is 1. The number of benzene rings is 2. The van der Waals surface area contributed by atoms with Crippen LogP contribution in [0.3, 0.4) is 0 Å². The van der Waals surface area contributed by atoms with Gasteiger partial charge in [0.15, 0.2) is 5.96 Å². The van der Waals surface area contributed by atoms with E-state index in [1.54, 1.807) is 0 Å². The highest BCUT2D eigenvalue weighted by atomic mass is 127. The van der Waals surface area contributed by atoms with Crippen LogP contribution in [0.1, 0.15) is 23.9 Å². The van der Waals surface area contributed by atoms with E-state index in [2.05, 4.69) is 32.0 Å². The summed E-state index contributed by atoms with van der Waals surface area (Å²) in [5.74, 6) is 2.38. The lowest BCUT2D eigenvalue weighted by Gasteiger charge is -2.26. The SMILES string of the molecule is Cc1nc2ccccc2n1CCN=C(N)NC1CCOc2ccccc21.I. The number of halogens is 1. The Kier molecular flexibility index (Phi) is 6.20. The first-order valence-electron chi connectivity index (χ1n) is 8.92. The van der Waals surface area contributed by atoms with Gasteiger partial charge in [-0.05, 0) is 25.1 Å². The second kappa shape index (κ2) is 8.60. The molecule has 0 saturated carbocycles.